The first-order valence-corrected chi connectivity index (χ1v) is 26.6. The molecule has 0 aromatic heterocycles. The summed E-state index contributed by atoms with van der Waals surface area (Å²) in [6, 6.07) is 0. The molecule has 1 unspecified atom stereocenters. The van der Waals surface area contributed by atoms with E-state index in [-0.39, 0.29) is 0 Å². The van der Waals surface area contributed by atoms with Crippen molar-refractivity contribution in [2.45, 2.75) is 185 Å². The number of nitrogens with zero attached hydrogens (tertiary/aromatic N) is 3. The molecule has 4 heterocycles. The molecule has 3 heteroatoms. The van der Waals surface area contributed by atoms with Crippen molar-refractivity contribution in [3.05, 3.63) is 0 Å². The van der Waals surface area contributed by atoms with Crippen molar-refractivity contribution in [1.82, 2.24) is 0 Å². The SMILES string of the molecule is C#CC#CC#CC#CC#CC#CC#CC#CC#CC#CC#CC#CC#CC#CC#CC#CC#CC#CC#CC.CC(C)(C)CC1C(C)(C)[N+](C)(C)C1(C)C.CC(C)(C)CC1C2C(C)(C)[N+](C)(C1(C)C)C2(C)C.CC(C)(C)[N+](C)(C)C. The standard InChI is InChI=1S/C39H4.C17H34N.C14H30N.C7H18N/c1-3-5-7-9-11-13-15-17-19-21-23-25-27-29-31-33-35-37-39-38-36-34-32-30-28-26-24-22-20-18-16-14-12-10-8-6-4-2;1-14(2,3)11-12-13-16(6,7)18(10,15(12,4)5)17(13,8)9;1-12(2,3)10-11-13(4,5)15(8,9)14(11,6)7;1-7(2,3)8(4,5)6/h1H,2H3;12-13H,11H2,1-10H3;11H,10H2,1-9H3;1-6H3/q;3*+1. The van der Waals surface area contributed by atoms with Crippen molar-refractivity contribution in [3.8, 4) is 225 Å². The quantitative estimate of drug-likeness (QED) is 0.191. The molecule has 4 aliphatic heterocycles. The van der Waals surface area contributed by atoms with Crippen LogP contribution in [-0.4, -0.2) is 89.0 Å². The van der Waals surface area contributed by atoms with E-state index in [0.717, 1.165) is 26.7 Å². The zero-order valence-corrected chi connectivity index (χ0v) is 53.6. The molecule has 3 nitrogen and oxygen atoms in total. The van der Waals surface area contributed by atoms with Crippen LogP contribution in [-0.2, 0) is 0 Å². The fraction of sp³-hybridized carbons (Fsp3) is 0.506. The smallest absolute Gasteiger partial charge is 0.104 e. The highest BCUT2D eigenvalue weighted by Crippen LogP contribution is 2.73. The van der Waals surface area contributed by atoms with Gasteiger partial charge in [0.05, 0.1) is 65.2 Å². The molecule has 0 N–H and O–H groups in total. The number of hydrogen-bond donors (Lipinski definition) is 0. The van der Waals surface area contributed by atoms with Gasteiger partial charge in [-0.1, -0.05) is 47.5 Å². The first-order chi connectivity index (χ1) is 36.7. The Labute approximate surface area is 491 Å². The van der Waals surface area contributed by atoms with Crippen molar-refractivity contribution < 1.29 is 13.4 Å². The van der Waals surface area contributed by atoms with Gasteiger partial charge in [-0.25, -0.2) is 0 Å². The maximum Gasteiger partial charge on any atom is 0.104 e. The van der Waals surface area contributed by atoms with E-state index in [4.69, 9.17) is 6.42 Å². The molecule has 0 amide bonds. The summed E-state index contributed by atoms with van der Waals surface area (Å²) in [6.45, 7) is 47.4. The molecule has 0 spiro atoms. The van der Waals surface area contributed by atoms with E-state index in [1.165, 1.54) is 17.3 Å². The van der Waals surface area contributed by atoms with Crippen LogP contribution in [0, 0.1) is 254 Å². The van der Waals surface area contributed by atoms with Crippen LogP contribution in [0.5, 0.6) is 0 Å². The lowest BCUT2D eigenvalue weighted by molar-refractivity contribution is -1.06. The van der Waals surface area contributed by atoms with E-state index in [0.29, 0.717) is 44.1 Å². The summed E-state index contributed by atoms with van der Waals surface area (Å²) >= 11 is 0. The van der Waals surface area contributed by atoms with Crippen LogP contribution in [0.25, 0.3) is 0 Å². The van der Waals surface area contributed by atoms with Gasteiger partial charge in [0.2, 0.25) is 0 Å². The van der Waals surface area contributed by atoms with Crippen LogP contribution in [0.15, 0.2) is 0 Å². The zero-order valence-electron chi connectivity index (χ0n) is 53.6. The Hall–Kier alpha value is -8.48. The summed E-state index contributed by atoms with van der Waals surface area (Å²) in [5.74, 6) is 94.4. The molecule has 0 radical (unpaired) electrons. The molecular formula is C77H86N3+3. The highest BCUT2D eigenvalue weighted by Gasteiger charge is 2.86. The van der Waals surface area contributed by atoms with E-state index in [1.807, 2.05) is 0 Å². The van der Waals surface area contributed by atoms with E-state index >= 15 is 0 Å². The van der Waals surface area contributed by atoms with Crippen molar-refractivity contribution in [1.29, 1.82) is 0 Å². The molecular weight excluding hydrogens is 967 g/mol. The summed E-state index contributed by atoms with van der Waals surface area (Å²) in [5, 5.41) is 0. The maximum atomic E-state index is 4.93. The van der Waals surface area contributed by atoms with Gasteiger partial charge in [0.15, 0.2) is 0 Å². The van der Waals surface area contributed by atoms with Crippen LogP contribution < -0.4 is 0 Å². The van der Waals surface area contributed by atoms with Crippen LogP contribution in [0.3, 0.4) is 0 Å². The third kappa shape index (κ3) is 20.7. The fourth-order valence-corrected chi connectivity index (χ4v) is 10.9. The fourth-order valence-electron chi connectivity index (χ4n) is 10.9. The number of hydrogen-bond acceptors (Lipinski definition) is 0. The number of terminal acetylenes is 1. The summed E-state index contributed by atoms with van der Waals surface area (Å²) < 4.78 is 3.40. The minimum absolute atomic E-state index is 0.375. The average Bonchev–Trinajstić information content (AvgIpc) is 3.53. The Morgan fingerprint density at radius 2 is 0.562 bits per heavy atom. The van der Waals surface area contributed by atoms with Crippen LogP contribution >= 0.6 is 0 Å². The average molecular weight is 1050 g/mol. The lowest BCUT2D eigenvalue weighted by Gasteiger charge is -2.71. The minimum Gasteiger partial charge on any atom is -0.327 e. The molecule has 0 aromatic carbocycles. The maximum absolute atomic E-state index is 4.93. The largest absolute Gasteiger partial charge is 0.327 e. The van der Waals surface area contributed by atoms with E-state index in [1.54, 1.807) is 6.92 Å². The lowest BCUT2D eigenvalue weighted by Crippen LogP contribution is -2.84. The van der Waals surface area contributed by atoms with Crippen LogP contribution in [0.2, 0.25) is 0 Å². The highest BCUT2D eigenvalue weighted by molar-refractivity contribution is 5.49. The van der Waals surface area contributed by atoms with Crippen LogP contribution in [0.4, 0.5) is 0 Å². The van der Waals surface area contributed by atoms with E-state index < -0.39 is 0 Å². The first-order valence-electron chi connectivity index (χ1n) is 26.6. The van der Waals surface area contributed by atoms with Gasteiger partial charge in [-0.3, -0.25) is 0 Å². The van der Waals surface area contributed by atoms with Gasteiger partial charge in [0.1, 0.15) is 22.2 Å². The van der Waals surface area contributed by atoms with E-state index in [9.17, 15) is 0 Å². The molecule has 2 bridgehead atoms. The van der Waals surface area contributed by atoms with Gasteiger partial charge in [0, 0.05) is 124 Å². The third-order valence-electron chi connectivity index (χ3n) is 16.9. The monoisotopic (exact) mass is 1050 g/mol. The highest BCUT2D eigenvalue weighted by atomic mass is 15.6. The topological polar surface area (TPSA) is 0 Å². The lowest BCUT2D eigenvalue weighted by atomic mass is 9.56. The first kappa shape index (κ1) is 71.5. The predicted octanol–water partition coefficient (Wildman–Crippen LogP) is 10.3. The normalized spacial score (nSPS) is 18.5. The summed E-state index contributed by atoms with van der Waals surface area (Å²) in [5.41, 5.74) is 3.34. The Kier molecular flexibility index (Phi) is 27.4. The Bertz CT molecular complexity index is 3530. The predicted molar refractivity (Wildman–Crippen MR) is 340 cm³/mol. The number of likely N-dealkylation sites (tertiary alicyclic amines) is 1. The molecule has 80 heavy (non-hydrogen) atoms. The molecule has 1 atom stereocenters. The molecule has 0 aliphatic carbocycles. The van der Waals surface area contributed by atoms with Crippen molar-refractivity contribution in [2.24, 2.45) is 28.6 Å². The Morgan fingerprint density at radius 1 is 0.350 bits per heavy atom. The van der Waals surface area contributed by atoms with Gasteiger partial charge in [-0.2, -0.15) is 0 Å². The molecule has 0 saturated carbocycles. The van der Waals surface area contributed by atoms with Crippen molar-refractivity contribution in [2.75, 3.05) is 42.3 Å². The molecule has 4 saturated heterocycles. The third-order valence-corrected chi connectivity index (χ3v) is 16.9. The van der Waals surface area contributed by atoms with Gasteiger partial charge < -0.3 is 13.4 Å². The van der Waals surface area contributed by atoms with Gasteiger partial charge in [-0.05, 0) is 215 Å². The van der Waals surface area contributed by atoms with E-state index in [2.05, 4.69) is 393 Å². The van der Waals surface area contributed by atoms with Crippen LogP contribution in [0.1, 0.15) is 151 Å². The second-order valence-corrected chi connectivity index (χ2v) is 26.8. The molecule has 406 valence electrons. The molecule has 4 rings (SSSR count). The van der Waals surface area contributed by atoms with Crippen molar-refractivity contribution >= 4 is 0 Å². The van der Waals surface area contributed by atoms with Crippen molar-refractivity contribution in [3.63, 3.8) is 0 Å². The Balaban J connectivity index is 0.00000123. The second kappa shape index (κ2) is 30.6. The number of rotatable bonds is 2. The Morgan fingerprint density at radius 3 is 0.725 bits per heavy atom. The van der Waals surface area contributed by atoms with Gasteiger partial charge >= 0.3 is 0 Å². The zero-order chi connectivity index (χ0) is 61.8. The minimum atomic E-state index is 0.375. The number of quaternary nitrogens is 3. The van der Waals surface area contributed by atoms with Gasteiger partial charge in [0.25, 0.3) is 0 Å². The summed E-state index contributed by atoms with van der Waals surface area (Å²) in [7, 11) is 13.9. The summed E-state index contributed by atoms with van der Waals surface area (Å²) in [6.07, 6.45) is 7.61. The molecule has 4 aliphatic rings. The second-order valence-electron chi connectivity index (χ2n) is 26.8. The number of fused-ring (bicyclic) bond motifs is 1. The summed E-state index contributed by atoms with van der Waals surface area (Å²) in [4.78, 5) is 0. The molecule has 0 aromatic rings. The van der Waals surface area contributed by atoms with Gasteiger partial charge in [-0.15, -0.1) is 6.42 Å². The molecule has 4 fully saturated rings.